The molecule has 0 bridgehead atoms. The number of carbonyl (C=O) groups excluding carboxylic acids is 2. The highest BCUT2D eigenvalue weighted by atomic mass is 16.6. The lowest BCUT2D eigenvalue weighted by molar-refractivity contribution is -0.148. The Morgan fingerprint density at radius 3 is 2.73 bits per heavy atom. The Morgan fingerprint density at radius 2 is 2.08 bits per heavy atom. The summed E-state index contributed by atoms with van der Waals surface area (Å²) in [6, 6.07) is 0. The number of rotatable bonds is 3. The number of carbonyl (C=O) groups is 2. The summed E-state index contributed by atoms with van der Waals surface area (Å²) in [4.78, 5) is 24.5. The first-order valence-electron chi connectivity index (χ1n) is 8.68. The fourth-order valence-electron chi connectivity index (χ4n) is 4.37. The molecule has 2 aliphatic carbocycles. The molecule has 1 saturated carbocycles. The smallest absolute Gasteiger partial charge is 0.334 e. The molecule has 0 aromatic carbocycles. The quantitative estimate of drug-likeness (QED) is 0.450. The molecule has 3 aliphatic rings. The van der Waals surface area contributed by atoms with E-state index in [2.05, 4.69) is 13.2 Å². The van der Waals surface area contributed by atoms with Gasteiger partial charge in [-0.25, -0.2) is 9.59 Å². The molecule has 2 fully saturated rings. The predicted octanol–water partition coefficient (Wildman–Crippen LogP) is 1.45. The lowest BCUT2D eigenvalue weighted by atomic mass is 9.79. The first-order valence-corrected chi connectivity index (χ1v) is 8.68. The van der Waals surface area contributed by atoms with E-state index in [1.165, 1.54) is 6.08 Å². The Bertz CT molecular complexity index is 731. The number of hydrogen-bond acceptors (Lipinski definition) is 6. The second-order valence-corrected chi connectivity index (χ2v) is 7.25. The molecular formula is C20H24O6. The van der Waals surface area contributed by atoms with Crippen LogP contribution in [-0.2, 0) is 19.1 Å². The maximum atomic E-state index is 12.3. The lowest BCUT2D eigenvalue weighted by Gasteiger charge is -2.29. The molecule has 6 nitrogen and oxygen atoms in total. The molecule has 0 spiro atoms. The van der Waals surface area contributed by atoms with E-state index in [1.807, 2.05) is 6.92 Å². The van der Waals surface area contributed by atoms with Crippen molar-refractivity contribution >= 4 is 11.9 Å². The van der Waals surface area contributed by atoms with Gasteiger partial charge in [0.25, 0.3) is 0 Å². The maximum Gasteiger partial charge on any atom is 0.334 e. The molecule has 1 heterocycles. The summed E-state index contributed by atoms with van der Waals surface area (Å²) in [5.41, 5.74) is 2.25. The fraction of sp³-hybridized carbons (Fsp3) is 0.500. The Hall–Kier alpha value is -2.18. The van der Waals surface area contributed by atoms with Gasteiger partial charge in [0.1, 0.15) is 12.2 Å². The molecule has 1 saturated heterocycles. The van der Waals surface area contributed by atoms with E-state index in [0.29, 0.717) is 6.42 Å². The summed E-state index contributed by atoms with van der Waals surface area (Å²) in [5.74, 6) is -2.04. The highest BCUT2D eigenvalue weighted by Gasteiger charge is 2.56. The van der Waals surface area contributed by atoms with Gasteiger partial charge in [-0.15, -0.1) is 0 Å². The molecule has 6 atom stereocenters. The minimum Gasteiger partial charge on any atom is -0.458 e. The van der Waals surface area contributed by atoms with Gasteiger partial charge in [0.15, 0.2) is 0 Å². The van der Waals surface area contributed by atoms with Crippen LogP contribution in [0, 0.1) is 17.8 Å². The Kier molecular flexibility index (Phi) is 4.90. The summed E-state index contributed by atoms with van der Waals surface area (Å²) < 4.78 is 11.2. The monoisotopic (exact) mass is 360 g/mol. The Balaban J connectivity index is 1.96. The van der Waals surface area contributed by atoms with Crippen LogP contribution in [0.15, 0.2) is 47.6 Å². The van der Waals surface area contributed by atoms with Gasteiger partial charge in [0, 0.05) is 29.4 Å². The molecule has 1 aliphatic heterocycles. The SMILES string of the molecule is C=C1C[C@@H](OC(=O)/C(C)=C/CO)[C@H]2C(=C)C(=O)O[C@@H]2[C@@H]2C(C)=C[C@@H](O)[C@H]12. The normalized spacial score (nSPS) is 36.8. The molecular weight excluding hydrogens is 336 g/mol. The average molecular weight is 360 g/mol. The number of ether oxygens (including phenoxy) is 2. The van der Waals surface area contributed by atoms with Crippen molar-refractivity contribution in [3.63, 3.8) is 0 Å². The third-order valence-electron chi connectivity index (χ3n) is 5.64. The third-order valence-corrected chi connectivity index (χ3v) is 5.64. The van der Waals surface area contributed by atoms with E-state index >= 15 is 0 Å². The number of fused-ring (bicyclic) bond motifs is 3. The van der Waals surface area contributed by atoms with Gasteiger partial charge in [-0.3, -0.25) is 0 Å². The predicted molar refractivity (Wildman–Crippen MR) is 93.7 cm³/mol. The van der Waals surface area contributed by atoms with Gasteiger partial charge in [-0.2, -0.15) is 0 Å². The molecule has 0 aromatic heterocycles. The highest BCUT2D eigenvalue weighted by Crippen LogP contribution is 2.51. The first kappa shape index (κ1) is 18.6. The molecule has 0 unspecified atom stereocenters. The van der Waals surface area contributed by atoms with Crippen molar-refractivity contribution in [3.8, 4) is 0 Å². The van der Waals surface area contributed by atoms with E-state index < -0.39 is 36.2 Å². The van der Waals surface area contributed by atoms with Crippen molar-refractivity contribution in [2.75, 3.05) is 6.61 Å². The molecule has 6 heteroatoms. The fourth-order valence-corrected chi connectivity index (χ4v) is 4.37. The van der Waals surface area contributed by atoms with Crippen LogP contribution in [-0.4, -0.2) is 47.1 Å². The number of aliphatic hydroxyl groups excluding tert-OH is 2. The van der Waals surface area contributed by atoms with Crippen LogP contribution < -0.4 is 0 Å². The third kappa shape index (κ3) is 2.93. The van der Waals surface area contributed by atoms with Crippen molar-refractivity contribution in [2.24, 2.45) is 17.8 Å². The molecule has 26 heavy (non-hydrogen) atoms. The van der Waals surface area contributed by atoms with Crippen molar-refractivity contribution in [1.82, 2.24) is 0 Å². The molecule has 0 amide bonds. The minimum absolute atomic E-state index is 0.205. The van der Waals surface area contributed by atoms with Crippen LogP contribution in [0.3, 0.4) is 0 Å². The Morgan fingerprint density at radius 1 is 1.38 bits per heavy atom. The number of aliphatic hydroxyl groups is 2. The van der Waals surface area contributed by atoms with E-state index in [9.17, 15) is 14.7 Å². The van der Waals surface area contributed by atoms with Crippen molar-refractivity contribution in [1.29, 1.82) is 0 Å². The number of hydrogen-bond donors (Lipinski definition) is 2. The van der Waals surface area contributed by atoms with Crippen LogP contribution in [0.4, 0.5) is 0 Å². The molecule has 2 N–H and O–H groups in total. The van der Waals surface area contributed by atoms with Gasteiger partial charge in [0.05, 0.1) is 18.6 Å². The van der Waals surface area contributed by atoms with Gasteiger partial charge in [-0.05, 0) is 19.9 Å². The Labute approximate surface area is 152 Å². The molecule has 0 aromatic rings. The first-order chi connectivity index (χ1) is 12.3. The minimum atomic E-state index is -0.703. The van der Waals surface area contributed by atoms with E-state index in [0.717, 1.165) is 11.1 Å². The summed E-state index contributed by atoms with van der Waals surface area (Å²) >= 11 is 0. The van der Waals surface area contributed by atoms with E-state index in [4.69, 9.17) is 14.6 Å². The van der Waals surface area contributed by atoms with Crippen molar-refractivity contribution < 1.29 is 29.3 Å². The highest BCUT2D eigenvalue weighted by molar-refractivity contribution is 5.92. The second kappa shape index (κ2) is 6.85. The lowest BCUT2D eigenvalue weighted by Crippen LogP contribution is -2.36. The second-order valence-electron chi connectivity index (χ2n) is 7.25. The largest absolute Gasteiger partial charge is 0.458 e. The summed E-state index contributed by atoms with van der Waals surface area (Å²) in [7, 11) is 0. The summed E-state index contributed by atoms with van der Waals surface area (Å²) in [6.07, 6.45) is 1.54. The van der Waals surface area contributed by atoms with Crippen LogP contribution in [0.25, 0.3) is 0 Å². The summed E-state index contributed by atoms with van der Waals surface area (Å²) in [6.45, 7) is 11.1. The van der Waals surface area contributed by atoms with Crippen molar-refractivity contribution in [2.45, 2.75) is 38.6 Å². The van der Waals surface area contributed by atoms with Gasteiger partial charge in [-0.1, -0.05) is 30.4 Å². The zero-order chi connectivity index (χ0) is 19.2. The van der Waals surface area contributed by atoms with Crippen LogP contribution in [0.2, 0.25) is 0 Å². The molecule has 3 rings (SSSR count). The van der Waals surface area contributed by atoms with Crippen LogP contribution in [0.5, 0.6) is 0 Å². The number of esters is 2. The topological polar surface area (TPSA) is 93.1 Å². The molecule has 0 radical (unpaired) electrons. The van der Waals surface area contributed by atoms with Gasteiger partial charge >= 0.3 is 11.9 Å². The van der Waals surface area contributed by atoms with E-state index in [-0.39, 0.29) is 29.6 Å². The van der Waals surface area contributed by atoms with Gasteiger partial charge < -0.3 is 19.7 Å². The summed E-state index contributed by atoms with van der Waals surface area (Å²) in [5, 5.41) is 19.4. The average Bonchev–Trinajstić information content (AvgIpc) is 2.97. The zero-order valence-electron chi connectivity index (χ0n) is 15.0. The standard InChI is InChI=1S/C20H24O6/c1-9(5-6-21)19(23)25-14-8-11(3)15-13(22)7-10(2)16(15)18-17(14)12(4)20(24)26-18/h5,7,13-18,21-22H,3-4,6,8H2,1-2H3/b9-5+/t13-,14-,15+,16-,17-,18-/m1/s1. The van der Waals surface area contributed by atoms with E-state index in [1.54, 1.807) is 13.0 Å². The van der Waals surface area contributed by atoms with Crippen LogP contribution >= 0.6 is 0 Å². The zero-order valence-corrected chi connectivity index (χ0v) is 15.0. The van der Waals surface area contributed by atoms with Crippen molar-refractivity contribution in [3.05, 3.63) is 47.6 Å². The maximum absolute atomic E-state index is 12.3. The van der Waals surface area contributed by atoms with Gasteiger partial charge in [0.2, 0.25) is 0 Å². The molecule has 140 valence electrons. The van der Waals surface area contributed by atoms with Crippen LogP contribution in [0.1, 0.15) is 20.3 Å².